The van der Waals surface area contributed by atoms with Gasteiger partial charge in [0.05, 0.1) is 12.1 Å². The van der Waals surface area contributed by atoms with E-state index in [4.69, 9.17) is 10.2 Å². The van der Waals surface area contributed by atoms with Gasteiger partial charge < -0.3 is 20.6 Å². The number of amides is 1. The number of nitrogens with one attached hydrogen (secondary N) is 1. The van der Waals surface area contributed by atoms with Crippen LogP contribution in [0, 0.1) is 0 Å². The van der Waals surface area contributed by atoms with Crippen LogP contribution in [0.3, 0.4) is 0 Å². The zero-order chi connectivity index (χ0) is 14.7. The number of hydrogen-bond acceptors (Lipinski definition) is 6. The highest BCUT2D eigenvalue weighted by Gasteiger charge is 2.13. The molecule has 20 heavy (non-hydrogen) atoms. The molecule has 0 aliphatic carbocycles. The van der Waals surface area contributed by atoms with Crippen molar-refractivity contribution in [3.63, 3.8) is 0 Å². The average molecular weight is 294 g/mol. The number of aromatic carboxylic acids is 1. The van der Waals surface area contributed by atoms with Crippen LogP contribution < -0.4 is 5.32 Å². The molecule has 104 valence electrons. The van der Waals surface area contributed by atoms with Crippen molar-refractivity contribution in [2.24, 2.45) is 0 Å². The van der Waals surface area contributed by atoms with Gasteiger partial charge in [-0.3, -0.25) is 4.79 Å². The summed E-state index contributed by atoms with van der Waals surface area (Å²) in [5.74, 6) is -2.16. The fourth-order valence-corrected chi connectivity index (χ4v) is 2.16. The lowest BCUT2D eigenvalue weighted by Crippen LogP contribution is -2.22. The predicted molar refractivity (Wildman–Crippen MR) is 70.0 cm³/mol. The molecule has 1 aromatic carbocycles. The third kappa shape index (κ3) is 3.04. The zero-order valence-corrected chi connectivity index (χ0v) is 10.8. The Morgan fingerprint density at radius 1 is 1.30 bits per heavy atom. The van der Waals surface area contributed by atoms with Crippen molar-refractivity contribution in [1.29, 1.82) is 0 Å². The Hall–Kier alpha value is -2.61. The van der Waals surface area contributed by atoms with E-state index in [0.717, 1.165) is 17.4 Å². The molecule has 0 saturated carbocycles. The third-order valence-corrected chi connectivity index (χ3v) is 3.25. The van der Waals surface area contributed by atoms with Crippen LogP contribution in [0.1, 0.15) is 25.9 Å². The van der Waals surface area contributed by atoms with Crippen molar-refractivity contribution in [2.75, 3.05) is 0 Å². The van der Waals surface area contributed by atoms with Gasteiger partial charge in [0.2, 0.25) is 0 Å². The van der Waals surface area contributed by atoms with Crippen molar-refractivity contribution in [1.82, 2.24) is 10.3 Å². The SMILES string of the molecule is O=C(O)c1csc(CNC(=O)c2ccc(O)cc2O)n1. The van der Waals surface area contributed by atoms with Gasteiger partial charge in [0.15, 0.2) is 5.69 Å². The van der Waals surface area contributed by atoms with Crippen LogP contribution in [0.2, 0.25) is 0 Å². The minimum absolute atomic E-state index is 0.0119. The summed E-state index contributed by atoms with van der Waals surface area (Å²) in [6.45, 7) is 0.0527. The molecule has 0 radical (unpaired) electrons. The van der Waals surface area contributed by atoms with Crippen LogP contribution in [0.15, 0.2) is 23.6 Å². The third-order valence-electron chi connectivity index (χ3n) is 2.40. The van der Waals surface area contributed by atoms with E-state index in [9.17, 15) is 14.7 Å². The van der Waals surface area contributed by atoms with Crippen LogP contribution in [0.25, 0.3) is 0 Å². The largest absolute Gasteiger partial charge is 0.508 e. The number of aromatic hydroxyl groups is 2. The van der Waals surface area contributed by atoms with E-state index in [1.165, 1.54) is 17.5 Å². The molecule has 0 saturated heterocycles. The number of phenols is 2. The number of benzene rings is 1. The Morgan fingerprint density at radius 2 is 2.05 bits per heavy atom. The van der Waals surface area contributed by atoms with Gasteiger partial charge in [-0.2, -0.15) is 0 Å². The van der Waals surface area contributed by atoms with Crippen LogP contribution in [-0.4, -0.2) is 32.2 Å². The van der Waals surface area contributed by atoms with Crippen molar-refractivity contribution in [2.45, 2.75) is 6.54 Å². The molecular formula is C12H10N2O5S. The van der Waals surface area contributed by atoms with Crippen LogP contribution in [0.5, 0.6) is 11.5 Å². The van der Waals surface area contributed by atoms with Crippen LogP contribution in [0.4, 0.5) is 0 Å². The Morgan fingerprint density at radius 3 is 2.65 bits per heavy atom. The number of thiazole rings is 1. The van der Waals surface area contributed by atoms with E-state index in [1.54, 1.807) is 0 Å². The molecule has 1 amide bonds. The molecular weight excluding hydrogens is 284 g/mol. The maximum atomic E-state index is 11.8. The lowest BCUT2D eigenvalue weighted by atomic mass is 10.2. The predicted octanol–water partition coefficient (Wildman–Crippen LogP) is 1.18. The molecule has 1 heterocycles. The van der Waals surface area contributed by atoms with E-state index >= 15 is 0 Å². The Balaban J connectivity index is 2.02. The molecule has 8 heteroatoms. The number of aromatic nitrogens is 1. The van der Waals surface area contributed by atoms with Gasteiger partial charge in [0.1, 0.15) is 16.5 Å². The van der Waals surface area contributed by atoms with Crippen LogP contribution >= 0.6 is 11.3 Å². The second-order valence-corrected chi connectivity index (χ2v) is 4.76. The summed E-state index contributed by atoms with van der Waals surface area (Å²) in [6.07, 6.45) is 0. The first kappa shape index (κ1) is 13.8. The highest BCUT2D eigenvalue weighted by molar-refractivity contribution is 7.09. The number of hydrogen-bond donors (Lipinski definition) is 4. The lowest BCUT2D eigenvalue weighted by Gasteiger charge is -2.05. The molecule has 7 nitrogen and oxygen atoms in total. The van der Waals surface area contributed by atoms with Crippen molar-refractivity contribution < 1.29 is 24.9 Å². The molecule has 0 unspecified atom stereocenters. The molecule has 0 aliphatic heterocycles. The van der Waals surface area contributed by atoms with E-state index in [-0.39, 0.29) is 29.3 Å². The number of carboxylic acids is 1. The number of rotatable bonds is 4. The van der Waals surface area contributed by atoms with Gasteiger partial charge in [0.25, 0.3) is 5.91 Å². The standard InChI is InChI=1S/C12H10N2O5S/c15-6-1-2-7(9(16)3-6)11(17)13-4-10-14-8(5-20-10)12(18)19/h1-3,5,15-16H,4H2,(H,13,17)(H,18,19). The summed E-state index contributed by atoms with van der Waals surface area (Å²) in [5, 5.41) is 31.7. The quantitative estimate of drug-likeness (QED) is 0.672. The average Bonchev–Trinajstić information content (AvgIpc) is 2.85. The second kappa shape index (κ2) is 5.57. The summed E-state index contributed by atoms with van der Waals surface area (Å²) in [7, 11) is 0. The minimum Gasteiger partial charge on any atom is -0.508 e. The van der Waals surface area contributed by atoms with Gasteiger partial charge in [-0.25, -0.2) is 9.78 Å². The van der Waals surface area contributed by atoms with Crippen molar-refractivity contribution in [3.05, 3.63) is 39.8 Å². The molecule has 0 atom stereocenters. The number of nitrogens with zero attached hydrogens (tertiary/aromatic N) is 1. The van der Waals surface area contributed by atoms with Crippen molar-refractivity contribution >= 4 is 23.2 Å². The Labute approximate surface area is 117 Å². The highest BCUT2D eigenvalue weighted by atomic mass is 32.1. The lowest BCUT2D eigenvalue weighted by molar-refractivity contribution is 0.0691. The Kier molecular flexibility index (Phi) is 3.85. The van der Waals surface area contributed by atoms with Crippen molar-refractivity contribution in [3.8, 4) is 11.5 Å². The van der Waals surface area contributed by atoms with E-state index in [2.05, 4.69) is 10.3 Å². The van der Waals surface area contributed by atoms with Gasteiger partial charge in [-0.15, -0.1) is 11.3 Å². The Bertz CT molecular complexity index is 668. The number of carbonyl (C=O) groups is 2. The summed E-state index contributed by atoms with van der Waals surface area (Å²) in [5.41, 5.74) is -0.0652. The fourth-order valence-electron chi connectivity index (χ4n) is 1.45. The van der Waals surface area contributed by atoms with Crippen LogP contribution in [-0.2, 0) is 6.54 Å². The van der Waals surface area contributed by atoms with Gasteiger partial charge in [-0.05, 0) is 12.1 Å². The maximum Gasteiger partial charge on any atom is 0.355 e. The maximum absolute atomic E-state index is 11.8. The normalized spacial score (nSPS) is 10.2. The van der Waals surface area contributed by atoms with E-state index in [1.807, 2.05) is 0 Å². The molecule has 2 rings (SSSR count). The molecule has 0 aliphatic rings. The first-order valence-corrected chi connectivity index (χ1v) is 6.33. The first-order valence-electron chi connectivity index (χ1n) is 5.45. The molecule has 0 fully saturated rings. The minimum atomic E-state index is -1.13. The topological polar surface area (TPSA) is 120 Å². The first-order chi connectivity index (χ1) is 9.47. The molecule has 0 bridgehead atoms. The monoisotopic (exact) mass is 294 g/mol. The summed E-state index contributed by atoms with van der Waals surface area (Å²) < 4.78 is 0. The summed E-state index contributed by atoms with van der Waals surface area (Å²) in [6, 6.07) is 3.62. The number of phenolic OH excluding ortho intramolecular Hbond substituents is 2. The van der Waals surface area contributed by atoms with Gasteiger partial charge >= 0.3 is 5.97 Å². The summed E-state index contributed by atoms with van der Waals surface area (Å²) in [4.78, 5) is 26.3. The molecule has 1 aromatic heterocycles. The molecule has 2 aromatic rings. The number of carboxylic acid groups (broad SMARTS) is 1. The molecule has 4 N–H and O–H groups in total. The number of carbonyl (C=O) groups excluding carboxylic acids is 1. The summed E-state index contributed by atoms with van der Waals surface area (Å²) >= 11 is 1.11. The smallest absolute Gasteiger partial charge is 0.355 e. The zero-order valence-electron chi connectivity index (χ0n) is 10.0. The van der Waals surface area contributed by atoms with E-state index < -0.39 is 11.9 Å². The highest BCUT2D eigenvalue weighted by Crippen LogP contribution is 2.22. The molecule has 0 spiro atoms. The van der Waals surface area contributed by atoms with Gasteiger partial charge in [0, 0.05) is 11.4 Å². The second-order valence-electron chi connectivity index (χ2n) is 3.82. The van der Waals surface area contributed by atoms with E-state index in [0.29, 0.717) is 5.01 Å². The van der Waals surface area contributed by atoms with Gasteiger partial charge in [-0.1, -0.05) is 0 Å². The fraction of sp³-hybridized carbons (Fsp3) is 0.0833.